The predicted octanol–water partition coefficient (Wildman–Crippen LogP) is 4.72. The van der Waals surface area contributed by atoms with Crippen LogP contribution in [-0.2, 0) is 33.0 Å². The van der Waals surface area contributed by atoms with Gasteiger partial charge >= 0.3 is 24.1 Å². The number of rotatable bonds is 10. The van der Waals surface area contributed by atoms with E-state index in [9.17, 15) is 24.0 Å². The van der Waals surface area contributed by atoms with Crippen LogP contribution in [0.25, 0.3) is 0 Å². The summed E-state index contributed by atoms with van der Waals surface area (Å²) in [4.78, 5) is 74.0. The van der Waals surface area contributed by atoms with Crippen molar-refractivity contribution in [1.29, 1.82) is 0 Å². The van der Waals surface area contributed by atoms with Crippen LogP contribution in [0.1, 0.15) is 57.6 Å². The molecule has 2 heterocycles. The summed E-state index contributed by atoms with van der Waals surface area (Å²) in [5, 5.41) is 2.82. The van der Waals surface area contributed by atoms with Crippen LogP contribution in [-0.4, -0.2) is 58.7 Å². The van der Waals surface area contributed by atoms with Crippen molar-refractivity contribution >= 4 is 24.1 Å². The lowest BCUT2D eigenvalue weighted by molar-refractivity contribution is 0.0509. The first-order valence-electron chi connectivity index (χ1n) is 15.3. The number of carbonyl (C=O) groups excluding carboxylic acids is 4. The lowest BCUT2D eigenvalue weighted by Crippen LogP contribution is -2.55. The van der Waals surface area contributed by atoms with E-state index in [-0.39, 0.29) is 57.1 Å². The molecule has 0 aliphatic carbocycles. The molecule has 13 nitrogen and oxygen atoms in total. The molecule has 2 amide bonds. The third-order valence-corrected chi connectivity index (χ3v) is 7.64. The summed E-state index contributed by atoms with van der Waals surface area (Å²) < 4.78 is 21.5. The Bertz CT molecular complexity index is 1790. The molecular formula is C35H34N4O9. The maximum atomic E-state index is 13.5. The van der Waals surface area contributed by atoms with Crippen LogP contribution >= 0.6 is 0 Å². The van der Waals surface area contributed by atoms with E-state index in [2.05, 4.69) is 15.3 Å². The summed E-state index contributed by atoms with van der Waals surface area (Å²) in [7, 11) is 0. The molecule has 13 heteroatoms. The molecule has 0 saturated carbocycles. The largest absolute Gasteiger partial charge is 0.461 e. The molecule has 1 saturated heterocycles. The van der Waals surface area contributed by atoms with E-state index in [4.69, 9.17) is 18.9 Å². The Hall–Kier alpha value is -5.98. The van der Waals surface area contributed by atoms with Gasteiger partial charge in [0.2, 0.25) is 5.75 Å². The van der Waals surface area contributed by atoms with Gasteiger partial charge in [-0.1, -0.05) is 78.9 Å². The van der Waals surface area contributed by atoms with E-state index in [1.165, 1.54) is 17.0 Å². The van der Waals surface area contributed by atoms with Crippen molar-refractivity contribution in [2.75, 3.05) is 19.7 Å². The number of ether oxygens (including phenoxy) is 4. The minimum atomic E-state index is -1.41. The average molecular weight is 655 g/mol. The molecular weight excluding hydrogens is 620 g/mol. The standard InChI is InChI=1S/C35H34N4O9/c1-2-45-31(42)27-28(48-30(41)26-16-10-5-11-17-26)29(40)37-32(36-27)35(38-33(43)46-22-24-12-6-3-7-13-24)18-20-39(21-19-35)34(44)47-23-25-14-8-4-9-15-25/h3-17H,2,18-23H2,1H3,(H,38,43)(H,36,37,40). The second-order valence-electron chi connectivity index (χ2n) is 10.9. The third-order valence-electron chi connectivity index (χ3n) is 7.64. The molecule has 48 heavy (non-hydrogen) atoms. The zero-order chi connectivity index (χ0) is 33.9. The number of aromatic amines is 1. The lowest BCUT2D eigenvalue weighted by Gasteiger charge is -2.40. The smallest absolute Gasteiger partial charge is 0.410 e. The van der Waals surface area contributed by atoms with Gasteiger partial charge in [0, 0.05) is 13.1 Å². The molecule has 1 aliphatic heterocycles. The second-order valence-corrected chi connectivity index (χ2v) is 10.9. The Kier molecular flexibility index (Phi) is 10.8. The predicted molar refractivity (Wildman–Crippen MR) is 171 cm³/mol. The summed E-state index contributed by atoms with van der Waals surface area (Å²) in [6, 6.07) is 26.2. The van der Waals surface area contributed by atoms with E-state index in [1.54, 1.807) is 37.3 Å². The van der Waals surface area contributed by atoms with Crippen LogP contribution in [0.2, 0.25) is 0 Å². The van der Waals surface area contributed by atoms with Crippen LogP contribution in [0.5, 0.6) is 5.75 Å². The first-order valence-corrected chi connectivity index (χ1v) is 15.3. The van der Waals surface area contributed by atoms with Gasteiger partial charge in [-0.25, -0.2) is 24.2 Å². The first-order chi connectivity index (χ1) is 23.3. The molecule has 248 valence electrons. The molecule has 0 bridgehead atoms. The van der Waals surface area contributed by atoms with Crippen molar-refractivity contribution in [3.8, 4) is 5.75 Å². The molecule has 4 aromatic rings. The highest BCUT2D eigenvalue weighted by Crippen LogP contribution is 2.32. The quantitative estimate of drug-likeness (QED) is 0.180. The van der Waals surface area contributed by atoms with Crippen molar-refractivity contribution in [2.24, 2.45) is 0 Å². The third kappa shape index (κ3) is 8.23. The van der Waals surface area contributed by atoms with Crippen molar-refractivity contribution in [3.05, 3.63) is 130 Å². The second kappa shape index (κ2) is 15.5. The highest BCUT2D eigenvalue weighted by Gasteiger charge is 2.43. The zero-order valence-electron chi connectivity index (χ0n) is 26.2. The van der Waals surface area contributed by atoms with Crippen molar-refractivity contribution in [3.63, 3.8) is 0 Å². The number of esters is 2. The van der Waals surface area contributed by atoms with Gasteiger partial charge in [-0.05, 0) is 43.0 Å². The highest BCUT2D eigenvalue weighted by molar-refractivity contribution is 5.94. The number of amides is 2. The Morgan fingerprint density at radius 2 is 1.35 bits per heavy atom. The summed E-state index contributed by atoms with van der Waals surface area (Å²) >= 11 is 0. The molecule has 5 rings (SSSR count). The van der Waals surface area contributed by atoms with Gasteiger partial charge in [-0.2, -0.15) is 0 Å². The number of aromatic nitrogens is 2. The lowest BCUT2D eigenvalue weighted by atomic mass is 9.86. The monoisotopic (exact) mass is 654 g/mol. The molecule has 2 N–H and O–H groups in total. The molecule has 3 aromatic carbocycles. The number of benzene rings is 3. The average Bonchev–Trinajstić information content (AvgIpc) is 3.12. The number of hydrogen-bond acceptors (Lipinski definition) is 10. The fourth-order valence-corrected chi connectivity index (χ4v) is 5.10. The van der Waals surface area contributed by atoms with Crippen LogP contribution in [0.15, 0.2) is 95.8 Å². The topological polar surface area (TPSA) is 166 Å². The summed E-state index contributed by atoms with van der Waals surface area (Å²) in [5.41, 5.74) is -1.20. The van der Waals surface area contributed by atoms with E-state index in [0.29, 0.717) is 0 Å². The number of alkyl carbamates (subject to hydrolysis) is 1. The van der Waals surface area contributed by atoms with Gasteiger partial charge in [0.25, 0.3) is 5.56 Å². The minimum absolute atomic E-state index is 0.0346. The van der Waals surface area contributed by atoms with Gasteiger partial charge in [0.05, 0.1) is 12.2 Å². The van der Waals surface area contributed by atoms with Gasteiger partial charge in [0.15, 0.2) is 5.69 Å². The minimum Gasteiger partial charge on any atom is -0.461 e. The molecule has 1 aromatic heterocycles. The Balaban J connectivity index is 1.43. The molecule has 0 atom stereocenters. The fourth-order valence-electron chi connectivity index (χ4n) is 5.10. The number of hydrogen-bond donors (Lipinski definition) is 2. The fraction of sp³-hybridized carbons (Fsp3) is 0.257. The van der Waals surface area contributed by atoms with E-state index in [1.807, 2.05) is 48.5 Å². The molecule has 1 fully saturated rings. The molecule has 0 unspecified atom stereocenters. The van der Waals surface area contributed by atoms with Crippen LogP contribution in [0.3, 0.4) is 0 Å². The van der Waals surface area contributed by atoms with Crippen LogP contribution < -0.4 is 15.6 Å². The van der Waals surface area contributed by atoms with E-state index < -0.39 is 46.7 Å². The number of likely N-dealkylation sites (tertiary alicyclic amines) is 1. The number of nitrogens with zero attached hydrogens (tertiary/aromatic N) is 2. The van der Waals surface area contributed by atoms with Gasteiger partial charge in [-0.3, -0.25) is 4.79 Å². The van der Waals surface area contributed by atoms with Crippen LogP contribution in [0, 0.1) is 0 Å². The maximum Gasteiger partial charge on any atom is 0.410 e. The molecule has 0 radical (unpaired) electrons. The maximum absolute atomic E-state index is 13.5. The number of carbonyl (C=O) groups is 4. The summed E-state index contributed by atoms with van der Waals surface area (Å²) in [5.74, 6) is -2.66. The van der Waals surface area contributed by atoms with Gasteiger partial charge in [-0.15, -0.1) is 0 Å². The number of H-pyrrole nitrogens is 1. The normalized spacial score (nSPS) is 13.6. The van der Waals surface area contributed by atoms with E-state index >= 15 is 0 Å². The highest BCUT2D eigenvalue weighted by atomic mass is 16.6. The molecule has 1 aliphatic rings. The Morgan fingerprint density at radius 1 is 0.792 bits per heavy atom. The van der Waals surface area contributed by atoms with Crippen molar-refractivity contribution in [1.82, 2.24) is 20.2 Å². The number of nitrogens with one attached hydrogen (secondary N) is 2. The van der Waals surface area contributed by atoms with Gasteiger partial charge in [0.1, 0.15) is 24.6 Å². The van der Waals surface area contributed by atoms with Crippen molar-refractivity contribution < 1.29 is 38.1 Å². The first kappa shape index (κ1) is 33.4. The SMILES string of the molecule is CCOC(=O)c1nc(C2(NC(=O)OCc3ccccc3)CCN(C(=O)OCc3ccccc3)CC2)[nH]c(=O)c1OC(=O)c1ccccc1. The Labute approximate surface area is 275 Å². The van der Waals surface area contributed by atoms with Crippen LogP contribution in [0.4, 0.5) is 9.59 Å². The summed E-state index contributed by atoms with van der Waals surface area (Å²) in [6.45, 7) is 1.75. The molecule has 0 spiro atoms. The Morgan fingerprint density at radius 3 is 1.94 bits per heavy atom. The van der Waals surface area contributed by atoms with E-state index in [0.717, 1.165) is 11.1 Å². The summed E-state index contributed by atoms with van der Waals surface area (Å²) in [6.07, 6.45) is -1.26. The van der Waals surface area contributed by atoms with Gasteiger partial charge < -0.3 is 34.1 Å². The van der Waals surface area contributed by atoms with Crippen molar-refractivity contribution in [2.45, 2.75) is 38.5 Å². The zero-order valence-corrected chi connectivity index (χ0v) is 26.2. The number of piperidine rings is 1.